The van der Waals surface area contributed by atoms with E-state index in [9.17, 15) is 4.79 Å². The van der Waals surface area contributed by atoms with Crippen molar-refractivity contribution in [2.24, 2.45) is 0 Å². The average Bonchev–Trinajstić information content (AvgIpc) is 2.87. The number of fused-ring (bicyclic) bond motifs is 1. The fourth-order valence-corrected chi connectivity index (χ4v) is 2.43. The van der Waals surface area contributed by atoms with Crippen LogP contribution >= 0.6 is 0 Å². The van der Waals surface area contributed by atoms with Crippen molar-refractivity contribution < 1.29 is 9.53 Å². The van der Waals surface area contributed by atoms with Gasteiger partial charge in [0.1, 0.15) is 5.75 Å². The van der Waals surface area contributed by atoms with E-state index in [1.165, 1.54) is 12.8 Å². The number of carbonyl (C=O) groups excluding carboxylic acids is 1. The van der Waals surface area contributed by atoms with Crippen molar-refractivity contribution in [2.45, 2.75) is 46.0 Å². The van der Waals surface area contributed by atoms with Crippen LogP contribution in [0.5, 0.6) is 5.75 Å². The lowest BCUT2D eigenvalue weighted by Gasteiger charge is -2.04. The number of H-pyrrole nitrogens is 1. The van der Waals surface area contributed by atoms with Gasteiger partial charge in [-0.2, -0.15) is 0 Å². The Morgan fingerprint density at radius 2 is 2.05 bits per heavy atom. The summed E-state index contributed by atoms with van der Waals surface area (Å²) >= 11 is 0. The fraction of sp³-hybridized carbons (Fsp3) is 0.471. The van der Waals surface area contributed by atoms with Crippen LogP contribution in [0.25, 0.3) is 10.9 Å². The van der Waals surface area contributed by atoms with E-state index < -0.39 is 0 Å². The lowest BCUT2D eigenvalue weighted by molar-refractivity contribution is 0.0981. The van der Waals surface area contributed by atoms with Gasteiger partial charge in [-0.15, -0.1) is 0 Å². The number of aromatic nitrogens is 1. The van der Waals surface area contributed by atoms with Gasteiger partial charge < -0.3 is 9.72 Å². The Labute approximate surface area is 120 Å². The predicted octanol–water partition coefficient (Wildman–Crippen LogP) is 4.72. The number of hydrogen-bond acceptors (Lipinski definition) is 2. The van der Waals surface area contributed by atoms with E-state index in [0.717, 1.165) is 35.1 Å². The normalized spacial score (nSPS) is 10.9. The molecule has 1 aromatic carbocycles. The number of Topliss-reactive ketones (excluding diaryl/α,β-unsaturated/α-hetero) is 1. The zero-order chi connectivity index (χ0) is 14.4. The summed E-state index contributed by atoms with van der Waals surface area (Å²) < 4.78 is 5.51. The minimum Gasteiger partial charge on any atom is -0.494 e. The van der Waals surface area contributed by atoms with Crippen molar-refractivity contribution >= 4 is 16.7 Å². The summed E-state index contributed by atoms with van der Waals surface area (Å²) in [7, 11) is 0. The molecule has 0 aliphatic rings. The third-order valence-corrected chi connectivity index (χ3v) is 3.52. The lowest BCUT2D eigenvalue weighted by Crippen LogP contribution is -1.98. The number of ketones is 1. The van der Waals surface area contributed by atoms with Crippen molar-refractivity contribution in [3.8, 4) is 5.75 Å². The van der Waals surface area contributed by atoms with Crippen LogP contribution in [-0.2, 0) is 0 Å². The van der Waals surface area contributed by atoms with Crippen LogP contribution in [0, 0.1) is 0 Å². The Morgan fingerprint density at radius 1 is 1.20 bits per heavy atom. The summed E-state index contributed by atoms with van der Waals surface area (Å²) in [5.74, 6) is 1.04. The molecule has 0 radical (unpaired) electrons. The smallest absolute Gasteiger partial charge is 0.165 e. The Bertz CT molecular complexity index is 571. The molecule has 3 heteroatoms. The average molecular weight is 273 g/mol. The molecule has 0 saturated carbocycles. The van der Waals surface area contributed by atoms with Gasteiger partial charge >= 0.3 is 0 Å². The van der Waals surface area contributed by atoms with E-state index >= 15 is 0 Å². The minimum absolute atomic E-state index is 0.223. The van der Waals surface area contributed by atoms with Crippen LogP contribution in [0.15, 0.2) is 24.4 Å². The number of hydrogen-bond donors (Lipinski definition) is 1. The maximum atomic E-state index is 12.3. The molecule has 1 N–H and O–H groups in total. The highest BCUT2D eigenvalue weighted by atomic mass is 16.5. The standard InChI is InChI=1S/C17H23NO2/c1-3-5-6-7-8-17(19)15-12-18-16-10-9-13(20-4-2)11-14(15)16/h9-12,18H,3-8H2,1-2H3. The number of ether oxygens (including phenoxy) is 1. The van der Waals surface area contributed by atoms with Crippen molar-refractivity contribution in [3.63, 3.8) is 0 Å². The van der Waals surface area contributed by atoms with Gasteiger partial charge in [-0.3, -0.25) is 4.79 Å². The van der Waals surface area contributed by atoms with Gasteiger partial charge in [0.15, 0.2) is 5.78 Å². The molecule has 2 aromatic rings. The fourth-order valence-electron chi connectivity index (χ4n) is 2.43. The molecule has 0 spiro atoms. The van der Waals surface area contributed by atoms with Crippen molar-refractivity contribution in [1.82, 2.24) is 4.98 Å². The Kier molecular flexibility index (Phi) is 5.22. The molecule has 0 bridgehead atoms. The molecule has 1 heterocycles. The zero-order valence-electron chi connectivity index (χ0n) is 12.4. The molecule has 3 nitrogen and oxygen atoms in total. The molecular weight excluding hydrogens is 250 g/mol. The summed E-state index contributed by atoms with van der Waals surface area (Å²) in [6, 6.07) is 5.85. The van der Waals surface area contributed by atoms with Crippen LogP contribution in [0.3, 0.4) is 0 Å². The number of benzene rings is 1. The van der Waals surface area contributed by atoms with Gasteiger partial charge in [0.05, 0.1) is 6.61 Å². The van der Waals surface area contributed by atoms with E-state index in [1.54, 1.807) is 0 Å². The van der Waals surface area contributed by atoms with E-state index in [0.29, 0.717) is 13.0 Å². The van der Waals surface area contributed by atoms with Gasteiger partial charge in [-0.1, -0.05) is 26.2 Å². The summed E-state index contributed by atoms with van der Waals surface area (Å²) in [5, 5.41) is 0.969. The third kappa shape index (κ3) is 3.41. The second-order valence-electron chi connectivity index (χ2n) is 5.08. The Morgan fingerprint density at radius 3 is 2.80 bits per heavy atom. The second-order valence-corrected chi connectivity index (χ2v) is 5.08. The third-order valence-electron chi connectivity index (χ3n) is 3.52. The molecule has 0 aliphatic heterocycles. The summed E-state index contributed by atoms with van der Waals surface area (Å²) in [6.07, 6.45) is 6.96. The monoisotopic (exact) mass is 273 g/mol. The van der Waals surface area contributed by atoms with Crippen LogP contribution in [0.2, 0.25) is 0 Å². The zero-order valence-corrected chi connectivity index (χ0v) is 12.4. The molecule has 0 aliphatic carbocycles. The molecule has 2 rings (SSSR count). The van der Waals surface area contributed by atoms with Crippen LogP contribution < -0.4 is 4.74 Å². The van der Waals surface area contributed by atoms with Gasteiger partial charge in [0.2, 0.25) is 0 Å². The van der Waals surface area contributed by atoms with Crippen LogP contribution in [-0.4, -0.2) is 17.4 Å². The number of aromatic amines is 1. The first-order valence-corrected chi connectivity index (χ1v) is 7.53. The number of carbonyl (C=O) groups is 1. The highest BCUT2D eigenvalue weighted by molar-refractivity contribution is 6.08. The van der Waals surface area contributed by atoms with E-state index in [1.807, 2.05) is 31.3 Å². The molecule has 108 valence electrons. The van der Waals surface area contributed by atoms with E-state index in [2.05, 4.69) is 11.9 Å². The predicted molar refractivity (Wildman–Crippen MR) is 82.6 cm³/mol. The number of nitrogens with one attached hydrogen (secondary N) is 1. The van der Waals surface area contributed by atoms with Gasteiger partial charge in [0.25, 0.3) is 0 Å². The highest BCUT2D eigenvalue weighted by Gasteiger charge is 2.12. The number of rotatable bonds is 8. The lowest BCUT2D eigenvalue weighted by atomic mass is 10.0. The Balaban J connectivity index is 2.12. The minimum atomic E-state index is 0.223. The van der Waals surface area contributed by atoms with Crippen molar-refractivity contribution in [1.29, 1.82) is 0 Å². The summed E-state index contributed by atoms with van der Waals surface area (Å²) in [5.41, 5.74) is 1.78. The van der Waals surface area contributed by atoms with Crippen molar-refractivity contribution in [2.75, 3.05) is 6.61 Å². The van der Waals surface area contributed by atoms with E-state index in [4.69, 9.17) is 4.74 Å². The molecule has 0 saturated heterocycles. The van der Waals surface area contributed by atoms with E-state index in [-0.39, 0.29) is 5.78 Å². The molecule has 1 aromatic heterocycles. The topological polar surface area (TPSA) is 42.1 Å². The van der Waals surface area contributed by atoms with Crippen LogP contribution in [0.4, 0.5) is 0 Å². The SMILES string of the molecule is CCCCCCC(=O)c1c[nH]c2ccc(OCC)cc12. The van der Waals surface area contributed by atoms with Gasteiger partial charge in [-0.25, -0.2) is 0 Å². The molecule has 0 fully saturated rings. The maximum Gasteiger partial charge on any atom is 0.165 e. The Hall–Kier alpha value is -1.77. The first-order chi connectivity index (χ1) is 9.76. The maximum absolute atomic E-state index is 12.3. The highest BCUT2D eigenvalue weighted by Crippen LogP contribution is 2.25. The molecule has 0 amide bonds. The second kappa shape index (κ2) is 7.13. The van der Waals surface area contributed by atoms with Gasteiger partial charge in [-0.05, 0) is 31.5 Å². The summed E-state index contributed by atoms with van der Waals surface area (Å²) in [4.78, 5) is 15.5. The molecule has 0 unspecified atom stereocenters. The van der Waals surface area contributed by atoms with Crippen molar-refractivity contribution in [3.05, 3.63) is 30.0 Å². The van der Waals surface area contributed by atoms with Crippen LogP contribution in [0.1, 0.15) is 56.3 Å². The molecule has 20 heavy (non-hydrogen) atoms. The molecular formula is C17H23NO2. The largest absolute Gasteiger partial charge is 0.494 e. The first kappa shape index (κ1) is 14.6. The quantitative estimate of drug-likeness (QED) is 0.558. The van der Waals surface area contributed by atoms with Gasteiger partial charge in [0, 0.05) is 29.1 Å². The first-order valence-electron chi connectivity index (χ1n) is 7.53. The summed E-state index contributed by atoms with van der Waals surface area (Å²) in [6.45, 7) is 4.77. The number of unbranched alkanes of at least 4 members (excludes halogenated alkanes) is 3. The molecule has 0 atom stereocenters.